The fourth-order valence-corrected chi connectivity index (χ4v) is 2.39. The van der Waals surface area contributed by atoms with E-state index in [1.54, 1.807) is 6.20 Å². The van der Waals surface area contributed by atoms with E-state index in [0.29, 0.717) is 0 Å². The number of benzene rings is 1. The van der Waals surface area contributed by atoms with E-state index < -0.39 is 0 Å². The van der Waals surface area contributed by atoms with Crippen LogP contribution >= 0.6 is 0 Å². The first-order chi connectivity index (χ1) is 8.65. The lowest BCUT2D eigenvalue weighted by atomic mass is 9.91. The molecule has 0 bridgehead atoms. The maximum atomic E-state index is 5.77. The van der Waals surface area contributed by atoms with Gasteiger partial charge in [-0.2, -0.15) is 0 Å². The summed E-state index contributed by atoms with van der Waals surface area (Å²) in [5, 5.41) is 0. The molecule has 0 aliphatic carbocycles. The van der Waals surface area contributed by atoms with E-state index in [0.717, 1.165) is 5.56 Å². The molecule has 3 N–H and O–H groups in total. The molecule has 2 aromatic rings. The van der Waals surface area contributed by atoms with Crippen LogP contribution in [0.4, 0.5) is 0 Å². The molecule has 0 fully saturated rings. The lowest BCUT2D eigenvalue weighted by Gasteiger charge is -2.22. The van der Waals surface area contributed by atoms with Gasteiger partial charge in [-0.3, -0.25) is 10.8 Å². The Kier molecular flexibility index (Phi) is 3.75. The minimum absolute atomic E-state index is 0.0140. The van der Waals surface area contributed by atoms with E-state index in [2.05, 4.69) is 49.4 Å². The van der Waals surface area contributed by atoms with Crippen LogP contribution in [0.5, 0.6) is 0 Å². The Morgan fingerprint density at radius 1 is 1.06 bits per heavy atom. The number of hydrogen-bond acceptors (Lipinski definition) is 3. The molecule has 0 aliphatic heterocycles. The smallest absolute Gasteiger partial charge is 0.0732 e. The van der Waals surface area contributed by atoms with Gasteiger partial charge in [0.1, 0.15) is 0 Å². The highest BCUT2D eigenvalue weighted by molar-refractivity contribution is 5.43. The van der Waals surface area contributed by atoms with Crippen molar-refractivity contribution < 1.29 is 0 Å². The Bertz CT molecular complexity index is 529. The zero-order chi connectivity index (χ0) is 13.1. The maximum Gasteiger partial charge on any atom is 0.0732 e. The first kappa shape index (κ1) is 12.7. The molecule has 0 aliphatic rings. The minimum Gasteiger partial charge on any atom is -0.271 e. The third kappa shape index (κ3) is 2.28. The second kappa shape index (κ2) is 5.29. The highest BCUT2D eigenvalue weighted by Crippen LogP contribution is 2.28. The first-order valence-corrected chi connectivity index (χ1v) is 6.08. The van der Waals surface area contributed by atoms with Crippen LogP contribution in [-0.2, 0) is 0 Å². The standard InChI is InChI=1S/C15H19N3/c1-10-7-8-17-9-13(10)15(18-16)14-11(2)5-4-6-12(14)3/h4-9,15,18H,16H2,1-3H3. The van der Waals surface area contributed by atoms with Crippen LogP contribution in [0.15, 0.2) is 36.7 Å². The van der Waals surface area contributed by atoms with Crippen LogP contribution < -0.4 is 11.3 Å². The molecule has 0 radical (unpaired) electrons. The van der Waals surface area contributed by atoms with Crippen molar-refractivity contribution in [2.45, 2.75) is 26.8 Å². The molecular weight excluding hydrogens is 222 g/mol. The molecule has 3 heteroatoms. The van der Waals surface area contributed by atoms with Gasteiger partial charge in [-0.25, -0.2) is 5.43 Å². The van der Waals surface area contributed by atoms with Crippen LogP contribution in [-0.4, -0.2) is 4.98 Å². The van der Waals surface area contributed by atoms with Gasteiger partial charge in [0.15, 0.2) is 0 Å². The molecule has 1 unspecified atom stereocenters. The number of nitrogens with two attached hydrogens (primary N) is 1. The highest BCUT2D eigenvalue weighted by atomic mass is 15.2. The summed E-state index contributed by atoms with van der Waals surface area (Å²) in [7, 11) is 0. The van der Waals surface area contributed by atoms with Crippen molar-refractivity contribution in [3.05, 3.63) is 64.5 Å². The van der Waals surface area contributed by atoms with Crippen molar-refractivity contribution in [3.8, 4) is 0 Å². The number of hydrogen-bond donors (Lipinski definition) is 2. The summed E-state index contributed by atoms with van der Waals surface area (Å²) in [5.74, 6) is 5.77. The fourth-order valence-electron chi connectivity index (χ4n) is 2.39. The van der Waals surface area contributed by atoms with Gasteiger partial charge < -0.3 is 0 Å². The molecule has 3 nitrogen and oxygen atoms in total. The molecule has 0 amide bonds. The highest BCUT2D eigenvalue weighted by Gasteiger charge is 2.18. The van der Waals surface area contributed by atoms with Crippen molar-refractivity contribution in [1.82, 2.24) is 10.4 Å². The van der Waals surface area contributed by atoms with Crippen molar-refractivity contribution in [2.24, 2.45) is 5.84 Å². The van der Waals surface area contributed by atoms with Crippen LogP contribution in [0, 0.1) is 20.8 Å². The summed E-state index contributed by atoms with van der Waals surface area (Å²) in [6.45, 7) is 6.30. The van der Waals surface area contributed by atoms with Crippen LogP contribution in [0.2, 0.25) is 0 Å². The van der Waals surface area contributed by atoms with Gasteiger partial charge in [0.25, 0.3) is 0 Å². The van der Waals surface area contributed by atoms with E-state index in [9.17, 15) is 0 Å². The fraction of sp³-hybridized carbons (Fsp3) is 0.267. The topological polar surface area (TPSA) is 50.9 Å². The van der Waals surface area contributed by atoms with E-state index in [1.807, 2.05) is 12.3 Å². The van der Waals surface area contributed by atoms with Gasteiger partial charge in [-0.1, -0.05) is 18.2 Å². The zero-order valence-corrected chi connectivity index (χ0v) is 11.1. The van der Waals surface area contributed by atoms with Crippen LogP contribution in [0.25, 0.3) is 0 Å². The van der Waals surface area contributed by atoms with Crippen LogP contribution in [0.1, 0.15) is 33.9 Å². The number of hydrazine groups is 1. The molecule has 1 heterocycles. The maximum absolute atomic E-state index is 5.77. The Labute approximate surface area is 108 Å². The van der Waals surface area contributed by atoms with Gasteiger partial charge in [-0.05, 0) is 54.7 Å². The van der Waals surface area contributed by atoms with Crippen molar-refractivity contribution in [2.75, 3.05) is 0 Å². The number of pyridine rings is 1. The number of aryl methyl sites for hydroxylation is 3. The number of nitrogens with one attached hydrogen (secondary N) is 1. The first-order valence-electron chi connectivity index (χ1n) is 6.08. The van der Waals surface area contributed by atoms with Gasteiger partial charge in [-0.15, -0.1) is 0 Å². The van der Waals surface area contributed by atoms with Crippen molar-refractivity contribution in [3.63, 3.8) is 0 Å². The van der Waals surface area contributed by atoms with Crippen molar-refractivity contribution >= 4 is 0 Å². The molecule has 1 aromatic heterocycles. The van der Waals surface area contributed by atoms with Gasteiger partial charge in [0, 0.05) is 12.4 Å². The van der Waals surface area contributed by atoms with E-state index in [-0.39, 0.29) is 6.04 Å². The Hall–Kier alpha value is -1.71. The van der Waals surface area contributed by atoms with E-state index in [1.165, 1.54) is 22.3 Å². The van der Waals surface area contributed by atoms with Gasteiger partial charge >= 0.3 is 0 Å². The summed E-state index contributed by atoms with van der Waals surface area (Å²) in [6.07, 6.45) is 3.68. The molecule has 0 saturated heterocycles. The minimum atomic E-state index is -0.0140. The Morgan fingerprint density at radius 2 is 1.72 bits per heavy atom. The predicted molar refractivity (Wildman–Crippen MR) is 74.1 cm³/mol. The lowest BCUT2D eigenvalue weighted by molar-refractivity contribution is 0.625. The molecular formula is C15H19N3. The van der Waals surface area contributed by atoms with E-state index >= 15 is 0 Å². The van der Waals surface area contributed by atoms with Gasteiger partial charge in [0.2, 0.25) is 0 Å². The molecule has 94 valence electrons. The number of aromatic nitrogens is 1. The molecule has 18 heavy (non-hydrogen) atoms. The molecule has 0 saturated carbocycles. The molecule has 1 aromatic carbocycles. The molecule has 0 spiro atoms. The average Bonchev–Trinajstić information content (AvgIpc) is 2.35. The van der Waals surface area contributed by atoms with Crippen LogP contribution in [0.3, 0.4) is 0 Å². The normalized spacial score (nSPS) is 12.4. The third-order valence-electron chi connectivity index (χ3n) is 3.39. The Morgan fingerprint density at radius 3 is 2.28 bits per heavy atom. The summed E-state index contributed by atoms with van der Waals surface area (Å²) in [5.41, 5.74) is 8.94. The Balaban J connectivity index is 2.56. The quantitative estimate of drug-likeness (QED) is 0.641. The zero-order valence-electron chi connectivity index (χ0n) is 11.1. The van der Waals surface area contributed by atoms with E-state index in [4.69, 9.17) is 5.84 Å². The van der Waals surface area contributed by atoms with Gasteiger partial charge in [0.05, 0.1) is 6.04 Å². The summed E-state index contributed by atoms with van der Waals surface area (Å²) >= 11 is 0. The molecule has 2 rings (SSSR count). The lowest BCUT2D eigenvalue weighted by Crippen LogP contribution is -2.30. The second-order valence-electron chi connectivity index (χ2n) is 4.64. The average molecular weight is 241 g/mol. The van der Waals surface area contributed by atoms with Crippen molar-refractivity contribution in [1.29, 1.82) is 0 Å². The monoisotopic (exact) mass is 241 g/mol. The summed E-state index contributed by atoms with van der Waals surface area (Å²) in [4.78, 5) is 4.20. The summed E-state index contributed by atoms with van der Waals surface area (Å²) in [6, 6.07) is 8.28. The SMILES string of the molecule is Cc1ccncc1C(NN)c1c(C)cccc1C. The summed E-state index contributed by atoms with van der Waals surface area (Å²) < 4.78 is 0. The number of nitrogens with zero attached hydrogens (tertiary/aromatic N) is 1. The number of rotatable bonds is 3. The second-order valence-corrected chi connectivity index (χ2v) is 4.64. The third-order valence-corrected chi connectivity index (χ3v) is 3.39. The molecule has 1 atom stereocenters. The largest absolute Gasteiger partial charge is 0.271 e. The predicted octanol–water partition coefficient (Wildman–Crippen LogP) is 2.56.